The van der Waals surface area contributed by atoms with Gasteiger partial charge in [0.25, 0.3) is 0 Å². The van der Waals surface area contributed by atoms with Gasteiger partial charge in [-0.2, -0.15) is 0 Å². The summed E-state index contributed by atoms with van der Waals surface area (Å²) in [5.74, 6) is -1.04. The third kappa shape index (κ3) is 2.24. The molecular formula is C15H17NO3. The van der Waals surface area contributed by atoms with Crippen molar-refractivity contribution in [3.63, 3.8) is 0 Å². The number of piperidine rings is 1. The summed E-state index contributed by atoms with van der Waals surface area (Å²) in [5, 5.41) is 13.8. The van der Waals surface area contributed by atoms with Crippen molar-refractivity contribution in [2.75, 3.05) is 13.1 Å². The molecule has 2 aromatic rings. The van der Waals surface area contributed by atoms with E-state index in [-0.39, 0.29) is 5.92 Å². The van der Waals surface area contributed by atoms with Crippen LogP contribution in [0.1, 0.15) is 24.3 Å². The first kappa shape index (κ1) is 12.2. The van der Waals surface area contributed by atoms with Crippen molar-refractivity contribution >= 4 is 16.9 Å². The lowest BCUT2D eigenvalue weighted by molar-refractivity contribution is -0.140. The number of furan rings is 1. The van der Waals surface area contributed by atoms with Gasteiger partial charge in [-0.05, 0) is 37.9 Å². The van der Waals surface area contributed by atoms with E-state index in [9.17, 15) is 9.90 Å². The van der Waals surface area contributed by atoms with E-state index in [2.05, 4.69) is 5.32 Å². The Morgan fingerprint density at radius 1 is 1.32 bits per heavy atom. The Kier molecular flexibility index (Phi) is 3.25. The molecule has 19 heavy (non-hydrogen) atoms. The molecule has 1 unspecified atom stereocenters. The molecule has 2 heterocycles. The Morgan fingerprint density at radius 3 is 2.79 bits per heavy atom. The van der Waals surface area contributed by atoms with Gasteiger partial charge in [-0.15, -0.1) is 0 Å². The van der Waals surface area contributed by atoms with Crippen LogP contribution in [-0.4, -0.2) is 24.2 Å². The molecule has 4 heteroatoms. The van der Waals surface area contributed by atoms with E-state index in [0.29, 0.717) is 0 Å². The summed E-state index contributed by atoms with van der Waals surface area (Å²) in [7, 11) is 0. The second kappa shape index (κ2) is 5.05. The van der Waals surface area contributed by atoms with Gasteiger partial charge in [0.2, 0.25) is 0 Å². The van der Waals surface area contributed by atoms with Crippen LogP contribution in [0, 0.1) is 5.92 Å². The van der Waals surface area contributed by atoms with Crippen LogP contribution in [-0.2, 0) is 4.79 Å². The largest absolute Gasteiger partial charge is 0.481 e. The van der Waals surface area contributed by atoms with E-state index in [4.69, 9.17) is 4.42 Å². The molecule has 0 aliphatic carbocycles. The Morgan fingerprint density at radius 2 is 2.05 bits per heavy atom. The van der Waals surface area contributed by atoms with E-state index >= 15 is 0 Å². The minimum atomic E-state index is -0.751. The number of rotatable bonds is 3. The number of carbonyl (C=O) groups is 1. The summed E-state index contributed by atoms with van der Waals surface area (Å²) in [4.78, 5) is 11.7. The van der Waals surface area contributed by atoms with Crippen LogP contribution in [0.2, 0.25) is 0 Å². The number of carboxylic acids is 1. The summed E-state index contributed by atoms with van der Waals surface area (Å²) in [5.41, 5.74) is 1.58. The average molecular weight is 259 g/mol. The highest BCUT2D eigenvalue weighted by molar-refractivity contribution is 5.88. The van der Waals surface area contributed by atoms with Crippen LogP contribution in [0.4, 0.5) is 0 Å². The highest BCUT2D eigenvalue weighted by Gasteiger charge is 2.33. The van der Waals surface area contributed by atoms with E-state index < -0.39 is 11.9 Å². The van der Waals surface area contributed by atoms with Gasteiger partial charge < -0.3 is 14.8 Å². The number of para-hydroxylation sites is 1. The van der Waals surface area contributed by atoms with Gasteiger partial charge in [0.1, 0.15) is 5.58 Å². The summed E-state index contributed by atoms with van der Waals surface area (Å²) in [6.07, 6.45) is 3.42. The highest BCUT2D eigenvalue weighted by atomic mass is 16.4. The first-order chi connectivity index (χ1) is 9.27. The zero-order chi connectivity index (χ0) is 13.2. The first-order valence-corrected chi connectivity index (χ1v) is 6.67. The molecule has 0 radical (unpaired) electrons. The fraction of sp³-hybridized carbons (Fsp3) is 0.400. The van der Waals surface area contributed by atoms with Crippen molar-refractivity contribution < 1.29 is 14.3 Å². The number of benzene rings is 1. The predicted molar refractivity (Wildman–Crippen MR) is 72.2 cm³/mol. The molecule has 0 bridgehead atoms. The minimum absolute atomic E-state index is 0.180. The summed E-state index contributed by atoms with van der Waals surface area (Å²) in [6.45, 7) is 1.79. The molecular weight excluding hydrogens is 242 g/mol. The van der Waals surface area contributed by atoms with Crippen molar-refractivity contribution in [2.24, 2.45) is 5.92 Å². The van der Waals surface area contributed by atoms with Crippen molar-refractivity contribution in [2.45, 2.75) is 18.8 Å². The molecule has 1 aromatic heterocycles. The minimum Gasteiger partial charge on any atom is -0.481 e. The lowest BCUT2D eigenvalue weighted by Crippen LogP contribution is -2.33. The smallest absolute Gasteiger partial charge is 0.311 e. The van der Waals surface area contributed by atoms with E-state index in [1.165, 1.54) is 0 Å². The number of aliphatic carboxylic acids is 1. The number of hydrogen-bond donors (Lipinski definition) is 2. The molecule has 1 aliphatic rings. The Balaban J connectivity index is 2.01. The quantitative estimate of drug-likeness (QED) is 0.889. The van der Waals surface area contributed by atoms with E-state index in [0.717, 1.165) is 42.5 Å². The molecule has 4 nitrogen and oxygen atoms in total. The van der Waals surface area contributed by atoms with Gasteiger partial charge in [-0.1, -0.05) is 18.2 Å². The molecule has 0 saturated carbocycles. The van der Waals surface area contributed by atoms with Crippen molar-refractivity contribution in [3.05, 3.63) is 36.1 Å². The van der Waals surface area contributed by atoms with Crippen molar-refractivity contribution in [1.82, 2.24) is 5.32 Å². The Hall–Kier alpha value is -1.81. The van der Waals surface area contributed by atoms with Gasteiger partial charge in [0.05, 0.1) is 12.2 Å². The fourth-order valence-electron chi connectivity index (χ4n) is 3.01. The Bertz CT molecular complexity index is 584. The first-order valence-electron chi connectivity index (χ1n) is 6.67. The molecule has 1 fully saturated rings. The fourth-order valence-corrected chi connectivity index (χ4v) is 3.01. The number of hydrogen-bond acceptors (Lipinski definition) is 3. The molecule has 1 atom stereocenters. The monoisotopic (exact) mass is 259 g/mol. The lowest BCUT2D eigenvalue weighted by Gasteiger charge is -2.27. The van der Waals surface area contributed by atoms with Crippen LogP contribution in [0.5, 0.6) is 0 Å². The molecule has 2 N–H and O–H groups in total. The van der Waals surface area contributed by atoms with Crippen molar-refractivity contribution in [3.8, 4) is 0 Å². The zero-order valence-electron chi connectivity index (χ0n) is 10.6. The molecule has 100 valence electrons. The summed E-state index contributed by atoms with van der Waals surface area (Å²) < 4.78 is 5.49. The Labute approximate surface area is 111 Å². The van der Waals surface area contributed by atoms with Crippen LogP contribution in [0.25, 0.3) is 11.0 Å². The van der Waals surface area contributed by atoms with E-state index in [1.54, 1.807) is 6.26 Å². The lowest BCUT2D eigenvalue weighted by atomic mass is 9.80. The zero-order valence-corrected chi connectivity index (χ0v) is 10.6. The van der Waals surface area contributed by atoms with Crippen LogP contribution in [0.15, 0.2) is 34.9 Å². The van der Waals surface area contributed by atoms with Crippen LogP contribution < -0.4 is 5.32 Å². The number of nitrogens with one attached hydrogen (secondary N) is 1. The second-order valence-electron chi connectivity index (χ2n) is 5.09. The molecule has 3 rings (SSSR count). The maximum atomic E-state index is 11.7. The van der Waals surface area contributed by atoms with Gasteiger partial charge in [-0.3, -0.25) is 4.79 Å². The van der Waals surface area contributed by atoms with Crippen LogP contribution >= 0.6 is 0 Å². The third-order valence-electron chi connectivity index (χ3n) is 3.97. The highest BCUT2D eigenvalue weighted by Crippen LogP contribution is 2.36. The third-order valence-corrected chi connectivity index (χ3v) is 3.97. The molecule has 1 aromatic carbocycles. The maximum Gasteiger partial charge on any atom is 0.311 e. The topological polar surface area (TPSA) is 62.5 Å². The number of carboxylic acid groups (broad SMARTS) is 1. The van der Waals surface area contributed by atoms with Crippen LogP contribution in [0.3, 0.4) is 0 Å². The van der Waals surface area contributed by atoms with Gasteiger partial charge >= 0.3 is 5.97 Å². The number of fused-ring (bicyclic) bond motifs is 1. The predicted octanol–water partition coefficient (Wildman–Crippen LogP) is 2.60. The second-order valence-corrected chi connectivity index (χ2v) is 5.09. The standard InChI is InChI=1S/C15H17NO3/c17-15(18)14(10-5-7-16-8-6-10)12-9-19-13-4-2-1-3-11(12)13/h1-4,9-10,14,16H,5-8H2,(H,17,18). The van der Waals surface area contributed by atoms with E-state index in [1.807, 2.05) is 24.3 Å². The van der Waals surface area contributed by atoms with Crippen molar-refractivity contribution in [1.29, 1.82) is 0 Å². The molecule has 1 saturated heterocycles. The molecule has 0 amide bonds. The van der Waals surface area contributed by atoms with Gasteiger partial charge in [-0.25, -0.2) is 0 Å². The normalized spacial score (nSPS) is 18.5. The van der Waals surface area contributed by atoms with Gasteiger partial charge in [0, 0.05) is 10.9 Å². The summed E-state index contributed by atoms with van der Waals surface area (Å²) >= 11 is 0. The molecule has 1 aliphatic heterocycles. The SMILES string of the molecule is O=C(O)C(c1coc2ccccc12)C1CCNCC1. The maximum absolute atomic E-state index is 11.7. The summed E-state index contributed by atoms with van der Waals surface area (Å²) in [6, 6.07) is 7.63. The average Bonchev–Trinajstić information content (AvgIpc) is 2.84. The van der Waals surface area contributed by atoms with Gasteiger partial charge in [0.15, 0.2) is 0 Å². The molecule has 0 spiro atoms.